The Hall–Kier alpha value is -3.80. The zero-order valence-corrected chi connectivity index (χ0v) is 15.4. The summed E-state index contributed by atoms with van der Waals surface area (Å²) >= 11 is 0. The second-order valence-corrected chi connectivity index (χ2v) is 7.21. The Kier molecular flexibility index (Phi) is 3.49. The first-order valence-electron chi connectivity index (χ1n) is 9.11. The van der Waals surface area contributed by atoms with Crippen molar-refractivity contribution in [2.75, 3.05) is 10.2 Å². The summed E-state index contributed by atoms with van der Waals surface area (Å²) in [6.45, 7) is 1.85. The normalized spacial score (nSPS) is 16.6. The Morgan fingerprint density at radius 3 is 2.07 bits per heavy atom. The fourth-order valence-corrected chi connectivity index (χ4v) is 4.06. The largest absolute Gasteiger partial charge is 0.349 e. The molecule has 142 valence electrons. The van der Waals surface area contributed by atoms with Gasteiger partial charge in [0.05, 0.1) is 5.56 Å². The van der Waals surface area contributed by atoms with E-state index in [1.807, 2.05) is 6.92 Å². The average Bonchev–Trinajstić information content (AvgIpc) is 2.93. The molecule has 0 saturated carbocycles. The van der Waals surface area contributed by atoms with Gasteiger partial charge in [0.15, 0.2) is 0 Å². The van der Waals surface area contributed by atoms with Gasteiger partial charge in [-0.25, -0.2) is 4.39 Å². The van der Waals surface area contributed by atoms with Gasteiger partial charge in [-0.15, -0.1) is 0 Å². The quantitative estimate of drug-likeness (QED) is 0.643. The van der Waals surface area contributed by atoms with Gasteiger partial charge in [-0.3, -0.25) is 19.3 Å². The molecule has 1 aliphatic carbocycles. The lowest BCUT2D eigenvalue weighted by atomic mass is 9.93. The van der Waals surface area contributed by atoms with E-state index in [1.54, 1.807) is 42.5 Å². The van der Waals surface area contributed by atoms with E-state index >= 15 is 0 Å². The van der Waals surface area contributed by atoms with Crippen LogP contribution < -0.4 is 10.2 Å². The summed E-state index contributed by atoms with van der Waals surface area (Å²) in [6, 6.07) is 16.9. The van der Waals surface area contributed by atoms with E-state index in [2.05, 4.69) is 5.32 Å². The number of halogens is 1. The summed E-state index contributed by atoms with van der Waals surface area (Å²) in [6.07, 6.45) is 0. The molecule has 1 N–H and O–H groups in total. The smallest absolute Gasteiger partial charge is 0.263 e. The molecule has 5 rings (SSSR count). The van der Waals surface area contributed by atoms with E-state index in [-0.39, 0.29) is 16.8 Å². The van der Waals surface area contributed by atoms with Gasteiger partial charge in [-0.05, 0) is 43.3 Å². The van der Waals surface area contributed by atoms with Gasteiger partial charge in [0.25, 0.3) is 5.91 Å². The number of anilines is 2. The number of fused-ring (bicyclic) bond motifs is 2. The summed E-state index contributed by atoms with van der Waals surface area (Å²) in [7, 11) is 0. The maximum atomic E-state index is 13.5. The molecule has 0 saturated heterocycles. The summed E-state index contributed by atoms with van der Waals surface area (Å²) in [4.78, 5) is 41.7. The van der Waals surface area contributed by atoms with Gasteiger partial charge < -0.3 is 5.32 Å². The Morgan fingerprint density at radius 1 is 0.828 bits per heavy atom. The molecule has 0 aromatic heterocycles. The fourth-order valence-electron chi connectivity index (χ4n) is 4.06. The molecule has 2 aliphatic rings. The first-order chi connectivity index (χ1) is 13.9. The SMILES string of the molecule is Cc1ccc2c(c1)C(=O)N(c1ccc(F)cc1)C1(N2)C(=O)c2ccccc2C1=O. The van der Waals surface area contributed by atoms with Crippen molar-refractivity contribution in [2.45, 2.75) is 12.6 Å². The number of rotatable bonds is 1. The zero-order valence-electron chi connectivity index (χ0n) is 15.4. The van der Waals surface area contributed by atoms with Crippen molar-refractivity contribution in [3.05, 3.63) is 94.8 Å². The van der Waals surface area contributed by atoms with Crippen molar-refractivity contribution in [1.29, 1.82) is 0 Å². The van der Waals surface area contributed by atoms with Gasteiger partial charge in [0.2, 0.25) is 17.2 Å². The monoisotopic (exact) mass is 386 g/mol. The number of nitrogens with one attached hydrogen (secondary N) is 1. The molecule has 0 atom stereocenters. The lowest BCUT2D eigenvalue weighted by molar-refractivity contribution is 0.0764. The highest BCUT2D eigenvalue weighted by atomic mass is 19.1. The topological polar surface area (TPSA) is 66.5 Å². The molecule has 3 aromatic rings. The molecule has 6 heteroatoms. The third-order valence-electron chi connectivity index (χ3n) is 5.42. The minimum atomic E-state index is -1.94. The van der Waals surface area contributed by atoms with Crippen molar-refractivity contribution in [2.24, 2.45) is 0 Å². The minimum Gasteiger partial charge on any atom is -0.349 e. The highest BCUT2D eigenvalue weighted by Gasteiger charge is 2.61. The van der Waals surface area contributed by atoms with Crippen LogP contribution in [-0.4, -0.2) is 23.1 Å². The van der Waals surface area contributed by atoms with Gasteiger partial charge in [-0.1, -0.05) is 35.9 Å². The fraction of sp³-hybridized carbons (Fsp3) is 0.0870. The lowest BCUT2D eigenvalue weighted by Crippen LogP contribution is -2.67. The Bertz CT molecular complexity index is 1180. The molecule has 1 spiro atoms. The molecule has 1 heterocycles. The number of hydrogen-bond acceptors (Lipinski definition) is 4. The number of hydrogen-bond donors (Lipinski definition) is 1. The van der Waals surface area contributed by atoms with E-state index in [0.717, 1.165) is 10.5 Å². The molecular formula is C23H15FN2O3. The molecule has 1 aliphatic heterocycles. The highest BCUT2D eigenvalue weighted by Crippen LogP contribution is 2.43. The predicted molar refractivity (Wildman–Crippen MR) is 106 cm³/mol. The standard InChI is InChI=1S/C23H15FN2O3/c1-13-6-11-19-18(12-13)22(29)26(15-9-7-14(24)8-10-15)23(25-19)20(27)16-4-2-3-5-17(16)21(23)28/h2-12,25H,1H3. The van der Waals surface area contributed by atoms with Crippen molar-refractivity contribution < 1.29 is 18.8 Å². The third-order valence-corrected chi connectivity index (χ3v) is 5.42. The van der Waals surface area contributed by atoms with Crippen molar-refractivity contribution in [3.8, 4) is 0 Å². The number of nitrogens with zero attached hydrogens (tertiary/aromatic N) is 1. The third kappa shape index (κ3) is 2.23. The molecule has 0 radical (unpaired) electrons. The number of carbonyl (C=O) groups excluding carboxylic acids is 3. The van der Waals surface area contributed by atoms with Crippen LogP contribution in [0.25, 0.3) is 0 Å². The molecule has 0 bridgehead atoms. The van der Waals surface area contributed by atoms with E-state index in [0.29, 0.717) is 11.3 Å². The van der Waals surface area contributed by atoms with Crippen LogP contribution in [0.5, 0.6) is 0 Å². The summed E-state index contributed by atoms with van der Waals surface area (Å²) in [5, 5.41) is 3.05. The van der Waals surface area contributed by atoms with E-state index in [4.69, 9.17) is 0 Å². The average molecular weight is 386 g/mol. The number of ketones is 2. The second kappa shape index (κ2) is 5.85. The van der Waals surface area contributed by atoms with E-state index in [1.165, 1.54) is 24.3 Å². The molecular weight excluding hydrogens is 371 g/mol. The van der Waals surface area contributed by atoms with Crippen LogP contribution in [-0.2, 0) is 0 Å². The minimum absolute atomic E-state index is 0.250. The zero-order chi connectivity index (χ0) is 20.3. The van der Waals surface area contributed by atoms with E-state index in [9.17, 15) is 18.8 Å². The Morgan fingerprint density at radius 2 is 1.45 bits per heavy atom. The molecule has 29 heavy (non-hydrogen) atoms. The number of benzene rings is 3. The van der Waals surface area contributed by atoms with Crippen LogP contribution in [0.3, 0.4) is 0 Å². The molecule has 5 nitrogen and oxygen atoms in total. The summed E-state index contributed by atoms with van der Waals surface area (Å²) in [5.74, 6) is -2.00. The van der Waals surface area contributed by atoms with Crippen LogP contribution >= 0.6 is 0 Å². The van der Waals surface area contributed by atoms with Crippen LogP contribution in [0.2, 0.25) is 0 Å². The number of Topliss-reactive ketones (excluding diaryl/α,β-unsaturated/α-hetero) is 2. The van der Waals surface area contributed by atoms with Crippen LogP contribution in [0.15, 0.2) is 66.7 Å². The van der Waals surface area contributed by atoms with Crippen molar-refractivity contribution in [1.82, 2.24) is 0 Å². The lowest BCUT2D eigenvalue weighted by Gasteiger charge is -2.43. The summed E-state index contributed by atoms with van der Waals surface area (Å²) in [5.41, 5.74) is 0.429. The second-order valence-electron chi connectivity index (χ2n) is 7.21. The van der Waals surface area contributed by atoms with Crippen molar-refractivity contribution in [3.63, 3.8) is 0 Å². The van der Waals surface area contributed by atoms with Gasteiger partial charge in [0.1, 0.15) is 5.82 Å². The maximum absolute atomic E-state index is 13.5. The molecule has 1 amide bonds. The summed E-state index contributed by atoms with van der Waals surface area (Å²) < 4.78 is 13.5. The highest BCUT2D eigenvalue weighted by molar-refractivity contribution is 6.39. The predicted octanol–water partition coefficient (Wildman–Crippen LogP) is 3.98. The number of amides is 1. The van der Waals surface area contributed by atoms with Gasteiger partial charge >= 0.3 is 0 Å². The molecule has 0 fully saturated rings. The van der Waals surface area contributed by atoms with E-state index < -0.39 is 29.0 Å². The van der Waals surface area contributed by atoms with Crippen LogP contribution in [0, 0.1) is 12.7 Å². The first kappa shape index (κ1) is 17.3. The number of carbonyl (C=O) groups is 3. The number of aryl methyl sites for hydroxylation is 1. The maximum Gasteiger partial charge on any atom is 0.263 e. The molecule has 3 aromatic carbocycles. The molecule has 0 unspecified atom stereocenters. The Labute approximate surface area is 165 Å². The van der Waals surface area contributed by atoms with Crippen molar-refractivity contribution >= 4 is 28.8 Å². The first-order valence-corrected chi connectivity index (χ1v) is 9.11. The Balaban J connectivity index is 1.80. The van der Waals surface area contributed by atoms with Crippen LogP contribution in [0.1, 0.15) is 36.6 Å². The van der Waals surface area contributed by atoms with Gasteiger partial charge in [-0.2, -0.15) is 0 Å². The van der Waals surface area contributed by atoms with Crippen LogP contribution in [0.4, 0.5) is 15.8 Å². The van der Waals surface area contributed by atoms with Gasteiger partial charge in [0, 0.05) is 22.5 Å².